The van der Waals surface area contributed by atoms with Crippen LogP contribution >= 0.6 is 0 Å². The number of methoxy groups -OCH3 is 1. The lowest BCUT2D eigenvalue weighted by molar-refractivity contribution is 0.0694. The number of fused-ring (bicyclic) bond motifs is 1. The average Bonchev–Trinajstić information content (AvgIpc) is 3.26. The van der Waals surface area contributed by atoms with Gasteiger partial charge in [-0.1, -0.05) is 6.07 Å². The maximum atomic E-state index is 12.5. The fourth-order valence-corrected chi connectivity index (χ4v) is 2.87. The summed E-state index contributed by atoms with van der Waals surface area (Å²) in [5.41, 5.74) is 1.75. The van der Waals surface area contributed by atoms with Gasteiger partial charge in [0.2, 0.25) is 0 Å². The zero-order valence-corrected chi connectivity index (χ0v) is 14.7. The average molecular weight is 330 g/mol. The van der Waals surface area contributed by atoms with E-state index in [4.69, 9.17) is 9.15 Å². The second kappa shape index (κ2) is 7.26. The molecule has 1 amide bonds. The first-order valence-electron chi connectivity index (χ1n) is 8.70. The summed E-state index contributed by atoms with van der Waals surface area (Å²) in [5.74, 6) is 1.07. The number of furan rings is 1. The molecule has 5 nitrogen and oxygen atoms in total. The van der Waals surface area contributed by atoms with Crippen LogP contribution in [0, 0.1) is 6.92 Å². The van der Waals surface area contributed by atoms with Crippen molar-refractivity contribution in [1.82, 2.24) is 10.2 Å². The Bertz CT molecular complexity index is 713. The topological polar surface area (TPSA) is 64.6 Å². The molecule has 2 fully saturated rings. The van der Waals surface area contributed by atoms with Crippen LogP contribution in [0.15, 0.2) is 22.6 Å². The Hall–Kier alpha value is -2.01. The van der Waals surface area contributed by atoms with Gasteiger partial charge in [0.15, 0.2) is 17.1 Å². The monoisotopic (exact) mass is 330 g/mol. The van der Waals surface area contributed by atoms with Gasteiger partial charge in [0.25, 0.3) is 5.91 Å². The second-order valence-corrected chi connectivity index (χ2v) is 6.60. The lowest BCUT2D eigenvalue weighted by atomic mass is 10.1. The van der Waals surface area contributed by atoms with Crippen molar-refractivity contribution in [2.45, 2.75) is 39.2 Å². The molecule has 0 aliphatic carbocycles. The summed E-state index contributed by atoms with van der Waals surface area (Å²) in [7, 11) is 1.61. The predicted molar refractivity (Wildman–Crippen MR) is 94.7 cm³/mol. The van der Waals surface area contributed by atoms with Gasteiger partial charge in [0.1, 0.15) is 0 Å². The molecular weight excluding hydrogens is 304 g/mol. The number of amides is 1. The van der Waals surface area contributed by atoms with Crippen molar-refractivity contribution in [3.63, 3.8) is 0 Å². The SMILES string of the molecule is CC1CN1.COc1ccc(C)c2cc(C(=O)N3CCCCC3)oc12. The van der Waals surface area contributed by atoms with Crippen LogP contribution in [0.3, 0.4) is 0 Å². The third-order valence-electron chi connectivity index (χ3n) is 4.55. The van der Waals surface area contributed by atoms with Gasteiger partial charge in [0, 0.05) is 31.1 Å². The normalized spacial score (nSPS) is 19.6. The van der Waals surface area contributed by atoms with E-state index in [0.717, 1.165) is 42.9 Å². The molecule has 1 aromatic carbocycles. The summed E-state index contributed by atoms with van der Waals surface area (Å²) in [6, 6.07) is 6.52. The molecule has 3 heterocycles. The number of piperidine rings is 1. The van der Waals surface area contributed by atoms with Gasteiger partial charge in [-0.2, -0.15) is 0 Å². The number of ether oxygens (including phenoxy) is 1. The summed E-state index contributed by atoms with van der Waals surface area (Å²) < 4.78 is 11.1. The van der Waals surface area contributed by atoms with Crippen molar-refractivity contribution in [3.05, 3.63) is 29.5 Å². The number of likely N-dealkylation sites (tertiary alicyclic amines) is 1. The third kappa shape index (κ3) is 3.73. The minimum absolute atomic E-state index is 0.0117. The summed E-state index contributed by atoms with van der Waals surface area (Å²) in [4.78, 5) is 14.3. The van der Waals surface area contributed by atoms with E-state index >= 15 is 0 Å². The predicted octanol–water partition coefficient (Wildman–Crippen LogP) is 3.35. The van der Waals surface area contributed by atoms with Crippen LogP contribution in [0.2, 0.25) is 0 Å². The number of carbonyl (C=O) groups excluding carboxylic acids is 1. The summed E-state index contributed by atoms with van der Waals surface area (Å²) >= 11 is 0. The first-order valence-corrected chi connectivity index (χ1v) is 8.70. The van der Waals surface area contributed by atoms with Gasteiger partial charge in [-0.05, 0) is 50.8 Å². The van der Waals surface area contributed by atoms with E-state index in [1.165, 1.54) is 13.0 Å². The Morgan fingerprint density at radius 2 is 1.96 bits per heavy atom. The van der Waals surface area contributed by atoms with E-state index in [9.17, 15) is 4.79 Å². The van der Waals surface area contributed by atoms with Gasteiger partial charge in [-0.15, -0.1) is 0 Å². The first-order chi connectivity index (χ1) is 11.6. The van der Waals surface area contributed by atoms with Crippen LogP contribution < -0.4 is 10.1 Å². The number of aryl methyl sites for hydroxylation is 1. The van der Waals surface area contributed by atoms with Crippen LogP contribution in [0.4, 0.5) is 0 Å². The lowest BCUT2D eigenvalue weighted by Crippen LogP contribution is -2.35. The van der Waals surface area contributed by atoms with E-state index in [1.807, 2.05) is 30.0 Å². The zero-order valence-electron chi connectivity index (χ0n) is 14.7. The second-order valence-electron chi connectivity index (χ2n) is 6.60. The molecular formula is C19H26N2O3. The van der Waals surface area contributed by atoms with Crippen molar-refractivity contribution in [3.8, 4) is 5.75 Å². The van der Waals surface area contributed by atoms with E-state index in [2.05, 4.69) is 12.2 Å². The fraction of sp³-hybridized carbons (Fsp3) is 0.526. The Labute approximate surface area is 143 Å². The van der Waals surface area contributed by atoms with E-state index < -0.39 is 0 Å². The quantitative estimate of drug-likeness (QED) is 0.858. The highest BCUT2D eigenvalue weighted by molar-refractivity contribution is 5.98. The minimum atomic E-state index is -0.0117. The first kappa shape index (κ1) is 16.8. The van der Waals surface area contributed by atoms with Crippen molar-refractivity contribution in [2.75, 3.05) is 26.7 Å². The van der Waals surface area contributed by atoms with E-state index in [0.29, 0.717) is 17.1 Å². The molecule has 0 bridgehead atoms. The molecule has 0 saturated carbocycles. The van der Waals surface area contributed by atoms with Gasteiger partial charge in [-0.3, -0.25) is 4.79 Å². The standard InChI is InChI=1S/C16H19NO3.C3H7N/c1-11-6-7-13(19-2)15-12(11)10-14(20-15)16(18)17-8-4-3-5-9-17;1-3-2-4-3/h6-7,10H,3-5,8-9H2,1-2H3;3-4H,2H2,1H3. The molecule has 0 spiro atoms. The molecule has 2 aliphatic rings. The summed E-state index contributed by atoms with van der Waals surface area (Å²) in [6.07, 6.45) is 3.36. The number of nitrogens with one attached hydrogen (secondary N) is 1. The molecule has 24 heavy (non-hydrogen) atoms. The molecule has 1 aromatic heterocycles. The van der Waals surface area contributed by atoms with E-state index in [-0.39, 0.29) is 5.91 Å². The van der Waals surface area contributed by atoms with Crippen LogP contribution in [0.1, 0.15) is 42.3 Å². The molecule has 2 saturated heterocycles. The number of hydrogen-bond donors (Lipinski definition) is 1. The van der Waals surface area contributed by atoms with Gasteiger partial charge >= 0.3 is 0 Å². The van der Waals surface area contributed by atoms with Crippen LogP contribution in [0.25, 0.3) is 11.0 Å². The van der Waals surface area contributed by atoms with Crippen molar-refractivity contribution in [2.24, 2.45) is 0 Å². The zero-order chi connectivity index (χ0) is 17.1. The molecule has 130 valence electrons. The molecule has 0 radical (unpaired) electrons. The number of rotatable bonds is 2. The van der Waals surface area contributed by atoms with Gasteiger partial charge < -0.3 is 19.4 Å². The number of benzene rings is 1. The molecule has 1 atom stereocenters. The molecule has 5 heteroatoms. The maximum absolute atomic E-state index is 12.5. The Kier molecular flexibility index (Phi) is 5.09. The van der Waals surface area contributed by atoms with Gasteiger partial charge in [0.05, 0.1) is 7.11 Å². The highest BCUT2D eigenvalue weighted by atomic mass is 16.5. The molecule has 2 aromatic rings. The molecule has 2 aliphatic heterocycles. The smallest absolute Gasteiger partial charge is 0.289 e. The number of nitrogens with zero attached hydrogens (tertiary/aromatic N) is 1. The molecule has 1 N–H and O–H groups in total. The van der Waals surface area contributed by atoms with Crippen LogP contribution in [0.5, 0.6) is 5.75 Å². The third-order valence-corrected chi connectivity index (χ3v) is 4.55. The highest BCUT2D eigenvalue weighted by Gasteiger charge is 2.22. The van der Waals surface area contributed by atoms with Gasteiger partial charge in [-0.25, -0.2) is 0 Å². The minimum Gasteiger partial charge on any atom is -0.493 e. The summed E-state index contributed by atoms with van der Waals surface area (Å²) in [6.45, 7) is 7.06. The Morgan fingerprint density at radius 1 is 1.29 bits per heavy atom. The highest BCUT2D eigenvalue weighted by Crippen LogP contribution is 2.31. The largest absolute Gasteiger partial charge is 0.493 e. The lowest BCUT2D eigenvalue weighted by Gasteiger charge is -2.25. The number of hydrogen-bond acceptors (Lipinski definition) is 4. The summed E-state index contributed by atoms with van der Waals surface area (Å²) in [5, 5.41) is 4.05. The Balaban J connectivity index is 0.000000370. The fourth-order valence-electron chi connectivity index (χ4n) is 2.87. The van der Waals surface area contributed by atoms with Crippen LogP contribution in [-0.2, 0) is 0 Å². The van der Waals surface area contributed by atoms with Crippen molar-refractivity contribution in [1.29, 1.82) is 0 Å². The number of carbonyl (C=O) groups is 1. The molecule has 1 unspecified atom stereocenters. The maximum Gasteiger partial charge on any atom is 0.289 e. The van der Waals surface area contributed by atoms with Crippen molar-refractivity contribution < 1.29 is 13.9 Å². The van der Waals surface area contributed by atoms with Crippen molar-refractivity contribution >= 4 is 16.9 Å². The van der Waals surface area contributed by atoms with E-state index in [1.54, 1.807) is 7.11 Å². The molecule has 4 rings (SSSR count). The van der Waals surface area contributed by atoms with Crippen LogP contribution in [-0.4, -0.2) is 43.6 Å². The Morgan fingerprint density at radius 3 is 2.54 bits per heavy atom.